The molecule has 1 aromatic rings. The Balaban J connectivity index is 2.14. The van der Waals surface area contributed by atoms with Crippen molar-refractivity contribution in [1.29, 1.82) is 0 Å². The molecule has 2 unspecified atom stereocenters. The van der Waals surface area contributed by atoms with E-state index in [-0.39, 0.29) is 23.0 Å². The van der Waals surface area contributed by atoms with Crippen molar-refractivity contribution >= 4 is 21.6 Å². The maximum atomic E-state index is 13.6. The first-order valence-corrected chi connectivity index (χ1v) is 6.48. The second kappa shape index (κ2) is 4.50. The minimum Gasteiger partial charge on any atom is -0.487 e. The van der Waals surface area contributed by atoms with E-state index < -0.39 is 10.7 Å². The lowest BCUT2D eigenvalue weighted by molar-refractivity contribution is -0.385. The molecular formula is C12H13BrFNO3. The lowest BCUT2D eigenvalue weighted by Gasteiger charge is -2.48. The second-order valence-electron chi connectivity index (χ2n) is 5.00. The molecule has 0 heterocycles. The van der Waals surface area contributed by atoms with Gasteiger partial charge in [-0.1, -0.05) is 29.8 Å². The fourth-order valence-corrected chi connectivity index (χ4v) is 2.52. The normalized spacial score (nSPS) is 25.3. The summed E-state index contributed by atoms with van der Waals surface area (Å²) in [5.74, 6) is -0.629. The molecule has 1 saturated carbocycles. The van der Waals surface area contributed by atoms with Gasteiger partial charge in [0.15, 0.2) is 11.6 Å². The van der Waals surface area contributed by atoms with Crippen LogP contribution in [0.25, 0.3) is 0 Å². The number of nitrogens with zero attached hydrogens (tertiary/aromatic N) is 1. The highest BCUT2D eigenvalue weighted by Crippen LogP contribution is 2.47. The van der Waals surface area contributed by atoms with Crippen LogP contribution in [0.15, 0.2) is 18.2 Å². The smallest absolute Gasteiger partial charge is 0.272 e. The third-order valence-corrected chi connectivity index (χ3v) is 5.01. The summed E-state index contributed by atoms with van der Waals surface area (Å²) in [6.07, 6.45) is 0.710. The fourth-order valence-electron chi connectivity index (χ4n) is 1.89. The van der Waals surface area contributed by atoms with Crippen LogP contribution in [0.1, 0.15) is 20.3 Å². The highest BCUT2D eigenvalue weighted by atomic mass is 79.9. The Hall–Kier alpha value is -1.17. The summed E-state index contributed by atoms with van der Waals surface area (Å²) in [5, 5.41) is 10.5. The number of alkyl halides is 1. The van der Waals surface area contributed by atoms with Gasteiger partial charge in [-0.15, -0.1) is 0 Å². The predicted molar refractivity (Wildman–Crippen MR) is 68.6 cm³/mol. The van der Waals surface area contributed by atoms with E-state index in [4.69, 9.17) is 4.74 Å². The summed E-state index contributed by atoms with van der Waals surface area (Å²) < 4.78 is 19.2. The Labute approximate surface area is 112 Å². The van der Waals surface area contributed by atoms with E-state index in [9.17, 15) is 14.5 Å². The van der Waals surface area contributed by atoms with Gasteiger partial charge in [0.25, 0.3) is 5.69 Å². The maximum Gasteiger partial charge on any atom is 0.272 e. The van der Waals surface area contributed by atoms with Crippen molar-refractivity contribution < 1.29 is 14.1 Å². The molecule has 0 amide bonds. The molecule has 1 fully saturated rings. The van der Waals surface area contributed by atoms with Gasteiger partial charge in [0.05, 0.1) is 11.0 Å². The summed E-state index contributed by atoms with van der Waals surface area (Å²) in [6, 6.07) is 3.44. The predicted octanol–water partition coefficient (Wildman–Crippen LogP) is 3.67. The van der Waals surface area contributed by atoms with E-state index in [0.717, 1.165) is 12.5 Å². The molecule has 1 aliphatic carbocycles. The van der Waals surface area contributed by atoms with Gasteiger partial charge >= 0.3 is 0 Å². The zero-order valence-corrected chi connectivity index (χ0v) is 11.6. The Kier molecular flexibility index (Phi) is 3.31. The first-order chi connectivity index (χ1) is 8.32. The van der Waals surface area contributed by atoms with Crippen molar-refractivity contribution in [2.45, 2.75) is 31.2 Å². The monoisotopic (exact) mass is 317 g/mol. The van der Waals surface area contributed by atoms with Crippen LogP contribution in [0.4, 0.5) is 10.1 Å². The molecule has 0 aromatic heterocycles. The van der Waals surface area contributed by atoms with Gasteiger partial charge in [0.1, 0.15) is 6.10 Å². The molecule has 98 valence electrons. The van der Waals surface area contributed by atoms with Gasteiger partial charge in [-0.3, -0.25) is 10.1 Å². The number of rotatable bonds is 3. The van der Waals surface area contributed by atoms with Gasteiger partial charge in [-0.05, 0) is 12.5 Å². The number of nitro benzene ring substituents is 1. The molecule has 2 rings (SSSR count). The third-order valence-electron chi connectivity index (χ3n) is 3.45. The summed E-state index contributed by atoms with van der Waals surface area (Å²) >= 11 is 3.52. The summed E-state index contributed by atoms with van der Waals surface area (Å²) in [6.45, 7) is 4.06. The molecular weight excluding hydrogens is 305 g/mol. The Morgan fingerprint density at radius 3 is 2.67 bits per heavy atom. The van der Waals surface area contributed by atoms with Crippen molar-refractivity contribution in [2.75, 3.05) is 0 Å². The van der Waals surface area contributed by atoms with Crippen LogP contribution in [0.2, 0.25) is 0 Å². The number of hydrogen-bond donors (Lipinski definition) is 0. The van der Waals surface area contributed by atoms with Gasteiger partial charge < -0.3 is 4.74 Å². The van der Waals surface area contributed by atoms with Gasteiger partial charge in [0, 0.05) is 16.3 Å². The van der Waals surface area contributed by atoms with Crippen LogP contribution < -0.4 is 4.74 Å². The minimum absolute atomic E-state index is 0.0677. The molecule has 0 saturated heterocycles. The van der Waals surface area contributed by atoms with Crippen molar-refractivity contribution in [3.05, 3.63) is 34.1 Å². The van der Waals surface area contributed by atoms with E-state index >= 15 is 0 Å². The maximum absolute atomic E-state index is 13.6. The summed E-state index contributed by atoms with van der Waals surface area (Å²) in [7, 11) is 0. The van der Waals surface area contributed by atoms with Crippen LogP contribution in [0.5, 0.6) is 5.75 Å². The number of non-ortho nitro benzene ring substituents is 1. The molecule has 0 bridgehead atoms. The van der Waals surface area contributed by atoms with Crippen LogP contribution in [-0.4, -0.2) is 15.9 Å². The number of ether oxygens (including phenoxy) is 1. The van der Waals surface area contributed by atoms with Crippen molar-refractivity contribution in [3.8, 4) is 5.75 Å². The van der Waals surface area contributed by atoms with E-state index in [1.54, 1.807) is 0 Å². The second-order valence-corrected chi connectivity index (χ2v) is 6.11. The molecule has 18 heavy (non-hydrogen) atoms. The molecule has 1 aliphatic rings. The van der Waals surface area contributed by atoms with Crippen LogP contribution in [0, 0.1) is 21.3 Å². The van der Waals surface area contributed by atoms with E-state index in [0.29, 0.717) is 4.83 Å². The summed E-state index contributed by atoms with van der Waals surface area (Å²) in [4.78, 5) is 10.2. The molecule has 4 nitrogen and oxygen atoms in total. The number of nitro groups is 1. The van der Waals surface area contributed by atoms with Gasteiger partial charge in [-0.25, -0.2) is 4.39 Å². The average molecular weight is 318 g/mol. The van der Waals surface area contributed by atoms with E-state index in [1.165, 1.54) is 12.1 Å². The molecule has 0 spiro atoms. The Morgan fingerprint density at radius 2 is 2.22 bits per heavy atom. The van der Waals surface area contributed by atoms with Crippen LogP contribution in [-0.2, 0) is 0 Å². The van der Waals surface area contributed by atoms with Crippen molar-refractivity contribution in [1.82, 2.24) is 0 Å². The minimum atomic E-state index is -0.696. The topological polar surface area (TPSA) is 52.4 Å². The molecule has 0 radical (unpaired) electrons. The number of benzene rings is 1. The largest absolute Gasteiger partial charge is 0.487 e. The SMILES string of the molecule is CC1(C)C(Br)CC1Oc1ccc([N+](=O)[O-])cc1F. The fraction of sp³-hybridized carbons (Fsp3) is 0.500. The quantitative estimate of drug-likeness (QED) is 0.485. The summed E-state index contributed by atoms with van der Waals surface area (Å²) in [5.41, 5.74) is -0.347. The Morgan fingerprint density at radius 1 is 1.56 bits per heavy atom. The zero-order chi connectivity index (χ0) is 13.5. The number of halogens is 2. The first kappa shape index (κ1) is 13.3. The standard InChI is InChI=1S/C12H13BrFNO3/c1-12(2)10(13)6-11(12)18-9-4-3-7(15(16)17)5-8(9)14/h3-5,10-11H,6H2,1-2H3. The average Bonchev–Trinajstić information content (AvgIpc) is 2.30. The lowest BCUT2D eigenvalue weighted by Crippen LogP contribution is -2.53. The third kappa shape index (κ3) is 2.21. The van der Waals surface area contributed by atoms with Crippen LogP contribution in [0.3, 0.4) is 0 Å². The molecule has 2 atom stereocenters. The molecule has 6 heteroatoms. The lowest BCUT2D eigenvalue weighted by atomic mass is 9.69. The highest BCUT2D eigenvalue weighted by Gasteiger charge is 2.48. The Bertz CT molecular complexity index is 492. The van der Waals surface area contributed by atoms with Crippen molar-refractivity contribution in [2.24, 2.45) is 5.41 Å². The van der Waals surface area contributed by atoms with E-state index in [2.05, 4.69) is 15.9 Å². The zero-order valence-electron chi connectivity index (χ0n) is 10.0. The van der Waals surface area contributed by atoms with E-state index in [1.807, 2.05) is 13.8 Å². The molecule has 1 aromatic carbocycles. The van der Waals surface area contributed by atoms with Crippen LogP contribution >= 0.6 is 15.9 Å². The number of hydrogen-bond acceptors (Lipinski definition) is 3. The van der Waals surface area contributed by atoms with Crippen molar-refractivity contribution in [3.63, 3.8) is 0 Å². The molecule has 0 aliphatic heterocycles. The molecule has 0 N–H and O–H groups in total. The first-order valence-electron chi connectivity index (χ1n) is 5.57. The van der Waals surface area contributed by atoms with Gasteiger partial charge in [0.2, 0.25) is 0 Å². The van der Waals surface area contributed by atoms with Gasteiger partial charge in [-0.2, -0.15) is 0 Å². The highest BCUT2D eigenvalue weighted by molar-refractivity contribution is 9.09.